The zero-order valence-corrected chi connectivity index (χ0v) is 10.2. The fraction of sp³-hybridized carbons (Fsp3) is 0.909. The molecule has 90 valence electrons. The Hall–Kier alpha value is -0.610. The van der Waals surface area contributed by atoms with E-state index in [1.54, 1.807) is 0 Å². The van der Waals surface area contributed by atoms with Crippen molar-refractivity contribution in [1.82, 2.24) is 4.90 Å². The molecule has 1 N–H and O–H groups in total. The maximum Gasteiger partial charge on any atom is 0.304 e. The summed E-state index contributed by atoms with van der Waals surface area (Å²) in [6.07, 6.45) is 0.425. The molecule has 0 aliphatic carbocycles. The zero-order chi connectivity index (χ0) is 11.8. The number of ether oxygens (including phenoxy) is 1. The molecule has 0 aromatic carbocycles. The molecule has 0 amide bonds. The molecule has 1 atom stereocenters. The second kappa shape index (κ2) is 7.65. The molecule has 0 saturated heterocycles. The third-order valence-corrected chi connectivity index (χ3v) is 2.33. The van der Waals surface area contributed by atoms with E-state index in [2.05, 4.69) is 4.90 Å². The van der Waals surface area contributed by atoms with Gasteiger partial charge in [0.25, 0.3) is 0 Å². The molecule has 0 aromatic heterocycles. The van der Waals surface area contributed by atoms with Crippen molar-refractivity contribution < 1.29 is 14.6 Å². The van der Waals surface area contributed by atoms with Crippen molar-refractivity contribution in [1.29, 1.82) is 0 Å². The van der Waals surface area contributed by atoms with Crippen molar-refractivity contribution in [3.05, 3.63) is 0 Å². The average Bonchev–Trinajstić information content (AvgIpc) is 2.10. The van der Waals surface area contributed by atoms with Crippen LogP contribution in [0.25, 0.3) is 0 Å². The fourth-order valence-electron chi connectivity index (χ4n) is 1.48. The number of nitrogens with zero attached hydrogens (tertiary/aromatic N) is 1. The van der Waals surface area contributed by atoms with Gasteiger partial charge in [0.05, 0.1) is 19.1 Å². The van der Waals surface area contributed by atoms with Crippen LogP contribution in [0.4, 0.5) is 0 Å². The predicted molar refractivity (Wildman–Crippen MR) is 60.0 cm³/mol. The number of carbonyl (C=O) groups is 1. The highest BCUT2D eigenvalue weighted by Crippen LogP contribution is 2.03. The van der Waals surface area contributed by atoms with Gasteiger partial charge in [-0.1, -0.05) is 6.92 Å². The first-order valence-corrected chi connectivity index (χ1v) is 5.54. The minimum absolute atomic E-state index is 0.0725. The summed E-state index contributed by atoms with van der Waals surface area (Å²) in [4.78, 5) is 12.7. The molecule has 0 aliphatic heterocycles. The highest BCUT2D eigenvalue weighted by atomic mass is 16.5. The SMILES string of the molecule is CCN(CCOC(C)C)C(C)CC(=O)O. The van der Waals surface area contributed by atoms with Gasteiger partial charge in [0.15, 0.2) is 0 Å². The van der Waals surface area contributed by atoms with Crippen LogP contribution in [0.5, 0.6) is 0 Å². The predicted octanol–water partition coefficient (Wildman–Crippen LogP) is 1.60. The number of carboxylic acids is 1. The molecule has 15 heavy (non-hydrogen) atoms. The summed E-state index contributed by atoms with van der Waals surface area (Å²) in [6.45, 7) is 10.3. The highest BCUT2D eigenvalue weighted by molar-refractivity contribution is 5.67. The summed E-state index contributed by atoms with van der Waals surface area (Å²) in [7, 11) is 0. The minimum Gasteiger partial charge on any atom is -0.481 e. The lowest BCUT2D eigenvalue weighted by Crippen LogP contribution is -2.37. The first-order chi connectivity index (χ1) is 6.97. The van der Waals surface area contributed by atoms with Crippen LogP contribution in [0, 0.1) is 0 Å². The standard InChI is InChI=1S/C11H23NO3/c1-5-12(6-7-15-9(2)3)10(4)8-11(13)14/h9-10H,5-8H2,1-4H3,(H,13,14). The average molecular weight is 217 g/mol. The van der Waals surface area contributed by atoms with Crippen LogP contribution in [0.15, 0.2) is 0 Å². The van der Waals surface area contributed by atoms with E-state index in [1.165, 1.54) is 0 Å². The van der Waals surface area contributed by atoms with Crippen LogP contribution >= 0.6 is 0 Å². The van der Waals surface area contributed by atoms with Crippen molar-refractivity contribution >= 4 is 5.97 Å². The van der Waals surface area contributed by atoms with Crippen molar-refractivity contribution in [2.45, 2.75) is 46.3 Å². The summed E-state index contributed by atoms with van der Waals surface area (Å²) >= 11 is 0. The van der Waals surface area contributed by atoms with E-state index >= 15 is 0 Å². The molecule has 0 radical (unpaired) electrons. The van der Waals surface area contributed by atoms with Gasteiger partial charge >= 0.3 is 5.97 Å². The van der Waals surface area contributed by atoms with Gasteiger partial charge in [-0.25, -0.2) is 0 Å². The van der Waals surface area contributed by atoms with E-state index in [0.717, 1.165) is 13.1 Å². The quantitative estimate of drug-likeness (QED) is 0.671. The van der Waals surface area contributed by atoms with E-state index in [9.17, 15) is 4.79 Å². The lowest BCUT2D eigenvalue weighted by Gasteiger charge is -2.26. The monoisotopic (exact) mass is 217 g/mol. The second-order valence-corrected chi connectivity index (χ2v) is 4.00. The fourth-order valence-corrected chi connectivity index (χ4v) is 1.48. The van der Waals surface area contributed by atoms with Crippen molar-refractivity contribution in [2.75, 3.05) is 19.7 Å². The Morgan fingerprint density at radius 3 is 2.40 bits per heavy atom. The topological polar surface area (TPSA) is 49.8 Å². The smallest absolute Gasteiger partial charge is 0.304 e. The maximum atomic E-state index is 10.6. The van der Waals surface area contributed by atoms with Crippen LogP contribution in [-0.4, -0.2) is 47.8 Å². The second-order valence-electron chi connectivity index (χ2n) is 4.00. The summed E-state index contributed by atoms with van der Waals surface area (Å²) in [6, 6.07) is 0.0725. The van der Waals surface area contributed by atoms with Gasteiger partial charge in [-0.2, -0.15) is 0 Å². The Kier molecular flexibility index (Phi) is 7.34. The Labute approximate surface area is 92.2 Å². The van der Waals surface area contributed by atoms with E-state index in [4.69, 9.17) is 9.84 Å². The van der Waals surface area contributed by atoms with E-state index in [-0.39, 0.29) is 18.6 Å². The van der Waals surface area contributed by atoms with Crippen molar-refractivity contribution in [3.8, 4) is 0 Å². The number of hydrogen-bond acceptors (Lipinski definition) is 3. The lowest BCUT2D eigenvalue weighted by molar-refractivity contribution is -0.138. The summed E-state index contributed by atoms with van der Waals surface area (Å²) in [5, 5.41) is 8.68. The van der Waals surface area contributed by atoms with Gasteiger partial charge < -0.3 is 9.84 Å². The molecule has 1 unspecified atom stereocenters. The third kappa shape index (κ3) is 7.33. The first kappa shape index (κ1) is 14.4. The maximum absolute atomic E-state index is 10.6. The van der Waals surface area contributed by atoms with Gasteiger partial charge in [0.2, 0.25) is 0 Å². The zero-order valence-electron chi connectivity index (χ0n) is 10.2. The highest BCUT2D eigenvalue weighted by Gasteiger charge is 2.14. The number of carboxylic acid groups (broad SMARTS) is 1. The van der Waals surface area contributed by atoms with Gasteiger partial charge in [-0.3, -0.25) is 9.69 Å². The third-order valence-electron chi connectivity index (χ3n) is 2.33. The number of likely N-dealkylation sites (N-methyl/N-ethyl adjacent to an activating group) is 1. The molecule has 4 heteroatoms. The lowest BCUT2D eigenvalue weighted by atomic mass is 10.2. The largest absolute Gasteiger partial charge is 0.481 e. The molecular formula is C11H23NO3. The van der Waals surface area contributed by atoms with Crippen molar-refractivity contribution in [2.24, 2.45) is 0 Å². The molecule has 0 fully saturated rings. The van der Waals surface area contributed by atoms with Gasteiger partial charge in [-0.05, 0) is 27.3 Å². The Bertz CT molecular complexity index is 183. The summed E-state index contributed by atoms with van der Waals surface area (Å²) in [5.41, 5.74) is 0. The van der Waals surface area contributed by atoms with Gasteiger partial charge in [-0.15, -0.1) is 0 Å². The van der Waals surface area contributed by atoms with Gasteiger partial charge in [0.1, 0.15) is 0 Å². The van der Waals surface area contributed by atoms with E-state index in [0.29, 0.717) is 6.61 Å². The molecule has 0 bridgehead atoms. The molecule has 0 heterocycles. The molecule has 0 aromatic rings. The molecule has 0 rings (SSSR count). The minimum atomic E-state index is -0.745. The summed E-state index contributed by atoms with van der Waals surface area (Å²) < 4.78 is 5.44. The molecule has 0 saturated carbocycles. The van der Waals surface area contributed by atoms with E-state index < -0.39 is 5.97 Å². The van der Waals surface area contributed by atoms with E-state index in [1.807, 2.05) is 27.7 Å². The Morgan fingerprint density at radius 1 is 1.40 bits per heavy atom. The van der Waals surface area contributed by atoms with Crippen LogP contribution < -0.4 is 0 Å². The van der Waals surface area contributed by atoms with Crippen molar-refractivity contribution in [3.63, 3.8) is 0 Å². The molecule has 0 aliphatic rings. The van der Waals surface area contributed by atoms with Gasteiger partial charge in [0, 0.05) is 12.6 Å². The van der Waals surface area contributed by atoms with Crippen LogP contribution in [0.3, 0.4) is 0 Å². The molecule has 4 nitrogen and oxygen atoms in total. The van der Waals surface area contributed by atoms with Crippen LogP contribution in [0.2, 0.25) is 0 Å². The number of hydrogen-bond donors (Lipinski definition) is 1. The molecular weight excluding hydrogens is 194 g/mol. The normalized spacial score (nSPS) is 13.5. The molecule has 0 spiro atoms. The Morgan fingerprint density at radius 2 is 2.00 bits per heavy atom. The number of aliphatic carboxylic acids is 1. The number of rotatable bonds is 8. The van der Waals surface area contributed by atoms with Crippen LogP contribution in [0.1, 0.15) is 34.1 Å². The summed E-state index contributed by atoms with van der Waals surface area (Å²) in [5.74, 6) is -0.745. The van der Waals surface area contributed by atoms with Crippen LogP contribution in [-0.2, 0) is 9.53 Å². The Balaban J connectivity index is 3.84. The first-order valence-electron chi connectivity index (χ1n) is 5.54.